The summed E-state index contributed by atoms with van der Waals surface area (Å²) in [6, 6.07) is 12.1. The van der Waals surface area contributed by atoms with Gasteiger partial charge in [0.1, 0.15) is 5.69 Å². The highest BCUT2D eigenvalue weighted by Gasteiger charge is 2.10. The topological polar surface area (TPSA) is 34.9 Å². The van der Waals surface area contributed by atoms with Crippen LogP contribution in [-0.2, 0) is 7.05 Å². The number of nitrogens with zero attached hydrogens (tertiary/aromatic N) is 2. The van der Waals surface area contributed by atoms with E-state index in [9.17, 15) is 4.79 Å². The van der Waals surface area contributed by atoms with E-state index in [1.54, 1.807) is 0 Å². The molecule has 0 amide bonds. The van der Waals surface area contributed by atoms with Crippen molar-refractivity contribution in [2.75, 3.05) is 0 Å². The Morgan fingerprint density at radius 1 is 1.29 bits per heavy atom. The smallest absolute Gasteiger partial charge is 0.161 e. The third-order valence-corrected chi connectivity index (χ3v) is 3.57. The highest BCUT2D eigenvalue weighted by Crippen LogP contribution is 2.27. The molecule has 2 aromatic heterocycles. The van der Waals surface area contributed by atoms with E-state index >= 15 is 0 Å². The van der Waals surface area contributed by atoms with E-state index in [0.29, 0.717) is 4.88 Å². The molecule has 0 aliphatic carbocycles. The van der Waals surface area contributed by atoms with Crippen molar-refractivity contribution in [3.8, 4) is 11.4 Å². The predicted octanol–water partition coefficient (Wildman–Crippen LogP) is 3.11. The summed E-state index contributed by atoms with van der Waals surface area (Å²) in [5.74, 6) is 0. The molecule has 84 valence electrons. The van der Waals surface area contributed by atoms with Crippen LogP contribution in [0, 0.1) is 0 Å². The van der Waals surface area contributed by atoms with E-state index in [-0.39, 0.29) is 0 Å². The molecule has 0 atom stereocenters. The number of benzene rings is 1. The number of aromatic nitrogens is 2. The first-order valence-corrected chi connectivity index (χ1v) is 6.03. The quantitative estimate of drug-likeness (QED) is 0.647. The zero-order valence-electron chi connectivity index (χ0n) is 9.25. The first-order chi connectivity index (χ1) is 8.29. The lowest BCUT2D eigenvalue weighted by Gasteiger charge is -2.00. The molecular formula is C13H10N2OS. The minimum Gasteiger partial charge on any atom is -0.342 e. The number of carbonyl (C=O) groups is 1. The summed E-state index contributed by atoms with van der Waals surface area (Å²) < 4.78 is 6.40. The van der Waals surface area contributed by atoms with Gasteiger partial charge in [-0.3, -0.25) is 4.79 Å². The van der Waals surface area contributed by atoms with Crippen molar-refractivity contribution in [2.45, 2.75) is 0 Å². The maximum Gasteiger partial charge on any atom is 0.161 e. The number of hydrogen-bond donors (Lipinski definition) is 0. The summed E-state index contributed by atoms with van der Waals surface area (Å²) in [5.41, 5.74) is 3.06. The van der Waals surface area contributed by atoms with Crippen molar-refractivity contribution < 1.29 is 4.79 Å². The number of rotatable bonds is 2. The van der Waals surface area contributed by atoms with E-state index in [2.05, 4.69) is 27.1 Å². The Bertz CT molecular complexity index is 696. The molecule has 0 N–H and O–H groups in total. The van der Waals surface area contributed by atoms with Crippen LogP contribution in [0.2, 0.25) is 0 Å². The Kier molecular flexibility index (Phi) is 2.30. The minimum absolute atomic E-state index is 0.658. The molecule has 3 aromatic rings. The number of para-hydroxylation sites is 1. The molecule has 0 unspecified atom stereocenters. The van der Waals surface area contributed by atoms with Crippen LogP contribution < -0.4 is 0 Å². The minimum atomic E-state index is 0.658. The average Bonchev–Trinajstić information content (AvgIpc) is 2.95. The number of aryl methyl sites for hydroxylation is 1. The van der Waals surface area contributed by atoms with Gasteiger partial charge in [-0.1, -0.05) is 18.2 Å². The summed E-state index contributed by atoms with van der Waals surface area (Å²) >= 11 is 1.23. The monoisotopic (exact) mass is 242 g/mol. The largest absolute Gasteiger partial charge is 0.342 e. The van der Waals surface area contributed by atoms with Crippen molar-refractivity contribution >= 4 is 28.7 Å². The van der Waals surface area contributed by atoms with Gasteiger partial charge in [-0.25, -0.2) is 0 Å². The Hall–Kier alpha value is -1.94. The summed E-state index contributed by atoms with van der Waals surface area (Å²) in [4.78, 5) is 11.3. The third kappa shape index (κ3) is 1.57. The second kappa shape index (κ2) is 3.82. The van der Waals surface area contributed by atoms with E-state index in [1.165, 1.54) is 22.4 Å². The molecule has 4 heteroatoms. The van der Waals surface area contributed by atoms with Gasteiger partial charge in [0.25, 0.3) is 0 Å². The number of fused-ring (bicyclic) bond motifs is 1. The molecule has 17 heavy (non-hydrogen) atoms. The molecule has 2 heterocycles. The third-order valence-electron chi connectivity index (χ3n) is 2.86. The summed E-state index contributed by atoms with van der Waals surface area (Å²) in [6.45, 7) is 0. The number of carbonyl (C=O) groups excluding carboxylic acids is 1. The molecule has 0 saturated carbocycles. The van der Waals surface area contributed by atoms with E-state index < -0.39 is 0 Å². The van der Waals surface area contributed by atoms with E-state index in [4.69, 9.17) is 0 Å². The molecule has 0 saturated heterocycles. The Morgan fingerprint density at radius 3 is 2.82 bits per heavy atom. The zero-order chi connectivity index (χ0) is 11.8. The van der Waals surface area contributed by atoms with Gasteiger partial charge in [0.05, 0.1) is 10.6 Å². The van der Waals surface area contributed by atoms with Crippen LogP contribution in [0.3, 0.4) is 0 Å². The predicted molar refractivity (Wildman–Crippen MR) is 69.4 cm³/mol. The maximum atomic E-state index is 10.7. The fourth-order valence-electron chi connectivity index (χ4n) is 2.00. The summed E-state index contributed by atoms with van der Waals surface area (Å²) in [7, 11) is 2.01. The van der Waals surface area contributed by atoms with Crippen molar-refractivity contribution in [1.82, 2.24) is 8.94 Å². The second-order valence-electron chi connectivity index (χ2n) is 3.88. The van der Waals surface area contributed by atoms with Gasteiger partial charge >= 0.3 is 0 Å². The normalized spacial score (nSPS) is 10.9. The fourth-order valence-corrected chi connectivity index (χ4v) is 2.56. The maximum absolute atomic E-state index is 10.7. The van der Waals surface area contributed by atoms with Crippen molar-refractivity contribution in [2.24, 2.45) is 7.05 Å². The van der Waals surface area contributed by atoms with Gasteiger partial charge in [0, 0.05) is 18.0 Å². The van der Waals surface area contributed by atoms with Crippen LogP contribution in [0.1, 0.15) is 9.67 Å². The first kappa shape index (κ1) is 10.2. The van der Waals surface area contributed by atoms with Crippen LogP contribution >= 0.6 is 11.5 Å². The first-order valence-electron chi connectivity index (χ1n) is 5.26. The van der Waals surface area contributed by atoms with E-state index in [0.717, 1.165) is 17.7 Å². The van der Waals surface area contributed by atoms with Gasteiger partial charge in [0.2, 0.25) is 0 Å². The van der Waals surface area contributed by atoms with Crippen LogP contribution in [0.15, 0.2) is 36.4 Å². The second-order valence-corrected chi connectivity index (χ2v) is 4.72. The van der Waals surface area contributed by atoms with Gasteiger partial charge in [-0.15, -0.1) is 0 Å². The van der Waals surface area contributed by atoms with Crippen molar-refractivity contribution in [3.63, 3.8) is 0 Å². The number of aldehydes is 1. The molecule has 1 aromatic carbocycles. The Morgan fingerprint density at radius 2 is 2.12 bits per heavy atom. The SMILES string of the molecule is Cn1c(-c2cc(C=O)sn2)cc2ccccc21. The van der Waals surface area contributed by atoms with Gasteiger partial charge in [-0.2, -0.15) is 4.37 Å². The Balaban J connectivity index is 2.23. The molecular weight excluding hydrogens is 232 g/mol. The molecule has 0 radical (unpaired) electrons. The average molecular weight is 242 g/mol. The lowest BCUT2D eigenvalue weighted by atomic mass is 10.2. The van der Waals surface area contributed by atoms with Gasteiger partial charge in [-0.05, 0) is 29.7 Å². The highest BCUT2D eigenvalue weighted by molar-refractivity contribution is 7.07. The van der Waals surface area contributed by atoms with E-state index in [1.807, 2.05) is 25.2 Å². The lowest BCUT2D eigenvalue weighted by molar-refractivity contribution is 0.112. The van der Waals surface area contributed by atoms with Crippen LogP contribution in [0.4, 0.5) is 0 Å². The van der Waals surface area contributed by atoms with Gasteiger partial charge < -0.3 is 4.57 Å². The Labute approximate surface area is 102 Å². The standard InChI is InChI=1S/C13H10N2OS/c1-15-12-5-3-2-4-9(12)6-13(15)11-7-10(8-16)17-14-11/h2-8H,1H3. The molecule has 0 aliphatic heterocycles. The fraction of sp³-hybridized carbons (Fsp3) is 0.0769. The molecule has 3 nitrogen and oxygen atoms in total. The molecule has 0 aliphatic rings. The molecule has 0 bridgehead atoms. The lowest BCUT2D eigenvalue weighted by Crippen LogP contribution is -1.90. The van der Waals surface area contributed by atoms with Crippen molar-refractivity contribution in [3.05, 3.63) is 41.3 Å². The molecule has 0 spiro atoms. The highest BCUT2D eigenvalue weighted by atomic mass is 32.1. The zero-order valence-corrected chi connectivity index (χ0v) is 10.1. The van der Waals surface area contributed by atoms with Gasteiger partial charge in [0.15, 0.2) is 6.29 Å². The molecule has 3 rings (SSSR count). The summed E-state index contributed by atoms with van der Waals surface area (Å²) in [5, 5.41) is 1.19. The van der Waals surface area contributed by atoms with Crippen LogP contribution in [-0.4, -0.2) is 15.2 Å². The van der Waals surface area contributed by atoms with Crippen LogP contribution in [0.25, 0.3) is 22.3 Å². The van der Waals surface area contributed by atoms with Crippen LogP contribution in [0.5, 0.6) is 0 Å². The van der Waals surface area contributed by atoms with Crippen molar-refractivity contribution in [1.29, 1.82) is 0 Å². The number of hydrogen-bond acceptors (Lipinski definition) is 3. The molecule has 0 fully saturated rings. The summed E-state index contributed by atoms with van der Waals surface area (Å²) in [6.07, 6.45) is 0.837.